The third-order valence-corrected chi connectivity index (χ3v) is 5.18. The fourth-order valence-corrected chi connectivity index (χ4v) is 3.67. The van der Waals surface area contributed by atoms with Crippen molar-refractivity contribution in [1.82, 2.24) is 15.3 Å². The van der Waals surface area contributed by atoms with E-state index < -0.39 is 0 Å². The first kappa shape index (κ1) is 16.8. The van der Waals surface area contributed by atoms with Gasteiger partial charge in [-0.2, -0.15) is 0 Å². The summed E-state index contributed by atoms with van der Waals surface area (Å²) in [5.41, 5.74) is 2.56. The highest BCUT2D eigenvalue weighted by atomic mass is 32.2. The third-order valence-electron chi connectivity index (χ3n) is 4.37. The Labute approximate surface area is 155 Å². The molecule has 1 aromatic heterocycles. The van der Waals surface area contributed by atoms with Gasteiger partial charge in [-0.15, -0.1) is 0 Å². The van der Waals surface area contributed by atoms with Gasteiger partial charge in [-0.25, -0.2) is 4.98 Å². The average Bonchev–Trinajstić information content (AvgIpc) is 3.42. The Hall–Kier alpha value is -2.67. The van der Waals surface area contributed by atoms with Crippen LogP contribution in [0.2, 0.25) is 0 Å². The molecule has 6 nitrogen and oxygen atoms in total. The molecule has 1 aliphatic carbocycles. The Morgan fingerprint density at radius 3 is 2.85 bits per heavy atom. The quantitative estimate of drug-likeness (QED) is 0.817. The molecule has 0 bridgehead atoms. The first-order valence-electron chi connectivity index (χ1n) is 8.58. The molecule has 2 fully saturated rings. The van der Waals surface area contributed by atoms with Crippen molar-refractivity contribution >= 4 is 34.8 Å². The number of anilines is 1. The maximum absolute atomic E-state index is 11.7. The molecule has 0 unspecified atom stereocenters. The Balaban J connectivity index is 1.63. The zero-order chi connectivity index (χ0) is 18.1. The fraction of sp³-hybridized carbons (Fsp3) is 0.263. The molecule has 132 valence electrons. The molecule has 4 rings (SSSR count). The Bertz CT molecular complexity index is 908. The molecule has 1 aliphatic heterocycles. The van der Waals surface area contributed by atoms with E-state index in [1.54, 1.807) is 12.3 Å². The van der Waals surface area contributed by atoms with Gasteiger partial charge in [-0.3, -0.25) is 19.9 Å². The molecular weight excluding hydrogens is 348 g/mol. The van der Waals surface area contributed by atoms with Crippen molar-refractivity contribution < 1.29 is 9.59 Å². The number of thioether (sulfide) groups is 1. The fourth-order valence-electron chi connectivity index (χ4n) is 2.99. The molecule has 0 atom stereocenters. The van der Waals surface area contributed by atoms with Crippen LogP contribution in [-0.4, -0.2) is 33.7 Å². The number of carbonyl (C=O) groups is 2. The lowest BCUT2D eigenvalue weighted by Gasteiger charge is -2.21. The lowest BCUT2D eigenvalue weighted by Crippen LogP contribution is -2.26. The zero-order valence-corrected chi connectivity index (χ0v) is 15.1. The van der Waals surface area contributed by atoms with Crippen LogP contribution in [0.15, 0.2) is 41.6 Å². The molecule has 1 aromatic carbocycles. The summed E-state index contributed by atoms with van der Waals surface area (Å²) in [5, 5.41) is 1.93. The van der Waals surface area contributed by atoms with Gasteiger partial charge in [0.05, 0.1) is 23.0 Å². The largest absolute Gasteiger partial charge is 0.353 e. The SMILES string of the molecule is CCN(c1cncc(-c2cccc(/C=C3\SC(=O)NC3=O)c2)n1)C1CC1. The van der Waals surface area contributed by atoms with Crippen LogP contribution in [-0.2, 0) is 4.79 Å². The van der Waals surface area contributed by atoms with E-state index in [0.717, 1.165) is 40.9 Å². The van der Waals surface area contributed by atoms with Gasteiger partial charge in [-0.05, 0) is 49.2 Å². The van der Waals surface area contributed by atoms with Gasteiger partial charge in [0.2, 0.25) is 0 Å². The Morgan fingerprint density at radius 1 is 1.31 bits per heavy atom. The molecule has 1 N–H and O–H groups in total. The molecule has 2 amide bonds. The lowest BCUT2D eigenvalue weighted by molar-refractivity contribution is -0.115. The van der Waals surface area contributed by atoms with E-state index in [4.69, 9.17) is 4.98 Å². The van der Waals surface area contributed by atoms with Crippen LogP contribution in [0.3, 0.4) is 0 Å². The highest BCUT2D eigenvalue weighted by molar-refractivity contribution is 8.18. The molecule has 7 heteroatoms. The molecule has 0 radical (unpaired) electrons. The van der Waals surface area contributed by atoms with Crippen molar-refractivity contribution in [3.63, 3.8) is 0 Å². The number of hydrogen-bond donors (Lipinski definition) is 1. The van der Waals surface area contributed by atoms with Crippen LogP contribution in [0.5, 0.6) is 0 Å². The number of benzene rings is 1. The standard InChI is InChI=1S/C19H18N4O2S/c1-2-23(14-6-7-14)17-11-20-10-15(21-17)13-5-3-4-12(8-13)9-16-18(24)22-19(25)26-16/h3-5,8-11,14H,2,6-7H2,1H3,(H,22,24,25)/b16-9-. The minimum absolute atomic E-state index is 0.337. The lowest BCUT2D eigenvalue weighted by atomic mass is 10.1. The summed E-state index contributed by atoms with van der Waals surface area (Å²) < 4.78 is 0. The van der Waals surface area contributed by atoms with E-state index in [-0.39, 0.29) is 11.1 Å². The van der Waals surface area contributed by atoms with Crippen LogP contribution in [0.25, 0.3) is 17.3 Å². The summed E-state index contributed by atoms with van der Waals surface area (Å²) in [5.74, 6) is 0.544. The van der Waals surface area contributed by atoms with Gasteiger partial charge >= 0.3 is 0 Å². The van der Waals surface area contributed by atoms with E-state index in [9.17, 15) is 9.59 Å². The number of carbonyl (C=O) groups excluding carboxylic acids is 2. The highest BCUT2D eigenvalue weighted by Crippen LogP contribution is 2.31. The van der Waals surface area contributed by atoms with E-state index in [1.165, 1.54) is 12.8 Å². The number of hydrogen-bond acceptors (Lipinski definition) is 6. The van der Waals surface area contributed by atoms with Gasteiger partial charge in [0.25, 0.3) is 11.1 Å². The monoisotopic (exact) mass is 366 g/mol. The minimum atomic E-state index is -0.352. The predicted molar refractivity (Wildman–Crippen MR) is 103 cm³/mol. The van der Waals surface area contributed by atoms with Crippen molar-refractivity contribution in [3.05, 3.63) is 47.1 Å². The normalized spacial score (nSPS) is 18.3. The summed E-state index contributed by atoms with van der Waals surface area (Å²) in [4.78, 5) is 34.8. The van der Waals surface area contributed by atoms with Gasteiger partial charge in [0.1, 0.15) is 5.82 Å². The number of aromatic nitrogens is 2. The minimum Gasteiger partial charge on any atom is -0.353 e. The molecule has 2 aliphatic rings. The van der Waals surface area contributed by atoms with E-state index >= 15 is 0 Å². The van der Waals surface area contributed by atoms with Gasteiger partial charge in [0, 0.05) is 18.2 Å². The zero-order valence-electron chi connectivity index (χ0n) is 14.3. The number of nitrogens with one attached hydrogen (secondary N) is 1. The van der Waals surface area contributed by atoms with E-state index in [1.807, 2.05) is 30.5 Å². The smallest absolute Gasteiger partial charge is 0.290 e. The molecule has 1 saturated heterocycles. The summed E-state index contributed by atoms with van der Waals surface area (Å²) in [6, 6.07) is 8.30. The van der Waals surface area contributed by atoms with Crippen molar-refractivity contribution in [3.8, 4) is 11.3 Å². The first-order valence-corrected chi connectivity index (χ1v) is 9.39. The van der Waals surface area contributed by atoms with Crippen LogP contribution in [0.1, 0.15) is 25.3 Å². The second-order valence-corrected chi connectivity index (χ2v) is 7.27. The maximum Gasteiger partial charge on any atom is 0.290 e. The Kier molecular flexibility index (Phi) is 4.46. The van der Waals surface area contributed by atoms with Crippen molar-refractivity contribution in [1.29, 1.82) is 0 Å². The maximum atomic E-state index is 11.7. The second-order valence-electron chi connectivity index (χ2n) is 6.26. The van der Waals surface area contributed by atoms with Crippen molar-refractivity contribution in [2.24, 2.45) is 0 Å². The van der Waals surface area contributed by atoms with Crippen molar-refractivity contribution in [2.45, 2.75) is 25.8 Å². The van der Waals surface area contributed by atoms with Crippen LogP contribution < -0.4 is 10.2 Å². The number of amides is 2. The predicted octanol–water partition coefficient (Wildman–Crippen LogP) is 3.46. The number of rotatable bonds is 5. The summed E-state index contributed by atoms with van der Waals surface area (Å²) >= 11 is 0.917. The number of imide groups is 1. The van der Waals surface area contributed by atoms with Crippen LogP contribution >= 0.6 is 11.8 Å². The molecule has 26 heavy (non-hydrogen) atoms. The Morgan fingerprint density at radius 2 is 2.15 bits per heavy atom. The molecule has 2 aromatic rings. The highest BCUT2D eigenvalue weighted by Gasteiger charge is 2.29. The van der Waals surface area contributed by atoms with Gasteiger partial charge in [0.15, 0.2) is 0 Å². The molecule has 0 spiro atoms. The first-order chi connectivity index (χ1) is 12.6. The van der Waals surface area contributed by atoms with Crippen LogP contribution in [0.4, 0.5) is 10.6 Å². The van der Waals surface area contributed by atoms with E-state index in [2.05, 4.69) is 22.1 Å². The van der Waals surface area contributed by atoms with Gasteiger partial charge in [-0.1, -0.05) is 18.2 Å². The molecular formula is C19H18N4O2S. The molecule has 1 saturated carbocycles. The summed E-state index contributed by atoms with van der Waals surface area (Å²) in [6.45, 7) is 3.04. The summed E-state index contributed by atoms with van der Waals surface area (Å²) in [6.07, 6.45) is 7.69. The average molecular weight is 366 g/mol. The molecule has 2 heterocycles. The summed E-state index contributed by atoms with van der Waals surface area (Å²) in [7, 11) is 0. The second kappa shape index (κ2) is 6.92. The van der Waals surface area contributed by atoms with Crippen molar-refractivity contribution in [2.75, 3.05) is 11.4 Å². The number of nitrogens with zero attached hydrogens (tertiary/aromatic N) is 3. The third kappa shape index (κ3) is 3.48. The van der Waals surface area contributed by atoms with Crippen LogP contribution in [0, 0.1) is 0 Å². The van der Waals surface area contributed by atoms with E-state index in [0.29, 0.717) is 10.9 Å². The van der Waals surface area contributed by atoms with Gasteiger partial charge < -0.3 is 4.90 Å². The topological polar surface area (TPSA) is 75.2 Å².